The zero-order valence-corrected chi connectivity index (χ0v) is 9.77. The molecule has 1 aromatic heterocycles. The summed E-state index contributed by atoms with van der Waals surface area (Å²) >= 11 is 0. The largest absolute Gasteiger partial charge is 0.377 e. The second-order valence-corrected chi connectivity index (χ2v) is 4.55. The molecule has 1 aromatic rings. The first-order valence-electron chi connectivity index (χ1n) is 5.85. The maximum absolute atomic E-state index is 11.8. The Kier molecular flexibility index (Phi) is 2.48. The van der Waals surface area contributed by atoms with E-state index in [1.807, 2.05) is 6.92 Å². The van der Waals surface area contributed by atoms with E-state index in [2.05, 4.69) is 21.3 Å². The van der Waals surface area contributed by atoms with Crippen LogP contribution < -0.4 is 10.2 Å². The quantitative estimate of drug-likeness (QED) is 0.724. The standard InChI is InChI=1S/C12H15N3O2/c1-8-4-10-12(13-6-8)14-11(16)5-9-7-17-3-2-15(9)10/h4,6,9H,2-3,5,7H2,1H3,(H,13,14,16). The first-order chi connectivity index (χ1) is 8.24. The summed E-state index contributed by atoms with van der Waals surface area (Å²) in [6.45, 7) is 4.14. The lowest BCUT2D eigenvalue weighted by Gasteiger charge is -2.35. The summed E-state index contributed by atoms with van der Waals surface area (Å²) in [7, 11) is 0. The van der Waals surface area contributed by atoms with Gasteiger partial charge < -0.3 is 15.0 Å². The molecule has 2 aliphatic rings. The molecule has 1 fully saturated rings. The molecule has 3 rings (SSSR count). The summed E-state index contributed by atoms with van der Waals surface area (Å²) in [4.78, 5) is 18.3. The van der Waals surface area contributed by atoms with E-state index in [1.54, 1.807) is 6.20 Å². The third-order valence-electron chi connectivity index (χ3n) is 3.22. The first-order valence-corrected chi connectivity index (χ1v) is 5.85. The smallest absolute Gasteiger partial charge is 0.227 e. The number of amides is 1. The zero-order chi connectivity index (χ0) is 11.8. The molecule has 3 heterocycles. The Bertz CT molecular complexity index is 461. The third kappa shape index (κ3) is 1.86. The number of ether oxygens (including phenoxy) is 1. The van der Waals surface area contributed by atoms with Gasteiger partial charge in [0.05, 0.1) is 24.9 Å². The van der Waals surface area contributed by atoms with Crippen molar-refractivity contribution in [2.75, 3.05) is 30.0 Å². The highest BCUT2D eigenvalue weighted by molar-refractivity contribution is 5.95. The minimum atomic E-state index is 0.0144. The van der Waals surface area contributed by atoms with E-state index in [1.165, 1.54) is 0 Å². The molecule has 1 unspecified atom stereocenters. The number of rotatable bonds is 0. The average Bonchev–Trinajstić information content (AvgIpc) is 2.45. The molecule has 1 N–H and O–H groups in total. The molecule has 0 saturated carbocycles. The number of nitrogens with zero attached hydrogens (tertiary/aromatic N) is 2. The number of carbonyl (C=O) groups is 1. The minimum Gasteiger partial charge on any atom is -0.377 e. The number of nitrogens with one attached hydrogen (secondary N) is 1. The van der Waals surface area contributed by atoms with Crippen molar-refractivity contribution >= 4 is 17.4 Å². The summed E-state index contributed by atoms with van der Waals surface area (Å²) in [6, 6.07) is 2.21. The van der Waals surface area contributed by atoms with Crippen molar-refractivity contribution in [2.24, 2.45) is 0 Å². The number of carbonyl (C=O) groups excluding carboxylic acids is 1. The molecule has 0 bridgehead atoms. The van der Waals surface area contributed by atoms with Crippen LogP contribution in [0.5, 0.6) is 0 Å². The van der Waals surface area contributed by atoms with Gasteiger partial charge in [-0.2, -0.15) is 0 Å². The van der Waals surface area contributed by atoms with E-state index in [4.69, 9.17) is 4.74 Å². The maximum Gasteiger partial charge on any atom is 0.227 e. The van der Waals surface area contributed by atoms with Crippen LogP contribution in [0.25, 0.3) is 0 Å². The number of pyridine rings is 1. The SMILES string of the molecule is Cc1cnc2c(c1)N1CCOCC1CC(=O)N2. The van der Waals surface area contributed by atoms with Gasteiger partial charge in [0, 0.05) is 19.2 Å². The second kappa shape index (κ2) is 4.00. The summed E-state index contributed by atoms with van der Waals surface area (Å²) in [6.07, 6.45) is 2.25. The Labute approximate surface area is 99.8 Å². The van der Waals surface area contributed by atoms with Gasteiger partial charge in [-0.3, -0.25) is 4.79 Å². The Morgan fingerprint density at radius 3 is 3.35 bits per heavy atom. The highest BCUT2D eigenvalue weighted by Crippen LogP contribution is 2.31. The predicted octanol–water partition coefficient (Wildman–Crippen LogP) is 0.937. The van der Waals surface area contributed by atoms with Gasteiger partial charge in [-0.25, -0.2) is 4.98 Å². The van der Waals surface area contributed by atoms with E-state index in [9.17, 15) is 4.79 Å². The molecule has 1 atom stereocenters. The molecule has 1 amide bonds. The predicted molar refractivity (Wildman–Crippen MR) is 64.2 cm³/mol. The lowest BCUT2D eigenvalue weighted by atomic mass is 10.1. The molecule has 17 heavy (non-hydrogen) atoms. The van der Waals surface area contributed by atoms with Gasteiger partial charge in [0.25, 0.3) is 0 Å². The molecular formula is C12H15N3O2. The molecule has 0 aliphatic carbocycles. The Morgan fingerprint density at radius 1 is 1.59 bits per heavy atom. The molecule has 0 aromatic carbocycles. The van der Waals surface area contributed by atoms with E-state index in [0.717, 1.165) is 17.8 Å². The number of hydrogen-bond acceptors (Lipinski definition) is 4. The fourth-order valence-electron chi connectivity index (χ4n) is 2.41. The van der Waals surface area contributed by atoms with E-state index in [0.29, 0.717) is 25.5 Å². The maximum atomic E-state index is 11.8. The first kappa shape index (κ1) is 10.5. The van der Waals surface area contributed by atoms with Gasteiger partial charge in [0.2, 0.25) is 5.91 Å². The van der Waals surface area contributed by atoms with Gasteiger partial charge >= 0.3 is 0 Å². The van der Waals surface area contributed by atoms with Crippen molar-refractivity contribution in [3.8, 4) is 0 Å². The van der Waals surface area contributed by atoms with Crippen LogP contribution in [0.1, 0.15) is 12.0 Å². The van der Waals surface area contributed by atoms with Crippen molar-refractivity contribution in [2.45, 2.75) is 19.4 Å². The Balaban J connectivity index is 2.07. The summed E-state index contributed by atoms with van der Waals surface area (Å²) in [5.41, 5.74) is 2.12. The number of morpholine rings is 1. The lowest BCUT2D eigenvalue weighted by molar-refractivity contribution is -0.116. The van der Waals surface area contributed by atoms with Gasteiger partial charge in [-0.15, -0.1) is 0 Å². The lowest BCUT2D eigenvalue weighted by Crippen LogP contribution is -2.45. The molecule has 2 aliphatic heterocycles. The van der Waals surface area contributed by atoms with Crippen LogP contribution in [-0.4, -0.2) is 36.7 Å². The van der Waals surface area contributed by atoms with Crippen LogP contribution in [-0.2, 0) is 9.53 Å². The van der Waals surface area contributed by atoms with Crippen LogP contribution in [0.3, 0.4) is 0 Å². The Morgan fingerprint density at radius 2 is 2.47 bits per heavy atom. The topological polar surface area (TPSA) is 54.5 Å². The molecule has 5 nitrogen and oxygen atoms in total. The fraction of sp³-hybridized carbons (Fsp3) is 0.500. The van der Waals surface area contributed by atoms with Crippen molar-refractivity contribution in [3.63, 3.8) is 0 Å². The zero-order valence-electron chi connectivity index (χ0n) is 9.77. The minimum absolute atomic E-state index is 0.0144. The highest BCUT2D eigenvalue weighted by Gasteiger charge is 2.31. The normalized spacial score (nSPS) is 23.5. The molecular weight excluding hydrogens is 218 g/mol. The second-order valence-electron chi connectivity index (χ2n) is 4.55. The molecule has 90 valence electrons. The summed E-state index contributed by atoms with van der Waals surface area (Å²) in [5.74, 6) is 0.686. The average molecular weight is 233 g/mol. The number of aromatic nitrogens is 1. The van der Waals surface area contributed by atoms with Crippen LogP contribution in [0.4, 0.5) is 11.5 Å². The number of hydrogen-bond donors (Lipinski definition) is 1. The molecule has 1 saturated heterocycles. The van der Waals surface area contributed by atoms with E-state index < -0.39 is 0 Å². The highest BCUT2D eigenvalue weighted by atomic mass is 16.5. The molecule has 5 heteroatoms. The van der Waals surface area contributed by atoms with E-state index >= 15 is 0 Å². The van der Waals surface area contributed by atoms with Crippen LogP contribution >= 0.6 is 0 Å². The summed E-state index contributed by atoms with van der Waals surface area (Å²) < 4.78 is 5.45. The Hall–Kier alpha value is -1.62. The monoisotopic (exact) mass is 233 g/mol. The fourth-order valence-corrected chi connectivity index (χ4v) is 2.41. The van der Waals surface area contributed by atoms with Gasteiger partial charge in [0.1, 0.15) is 0 Å². The molecule has 0 spiro atoms. The van der Waals surface area contributed by atoms with Gasteiger partial charge in [0.15, 0.2) is 5.82 Å². The van der Waals surface area contributed by atoms with Crippen molar-refractivity contribution in [1.82, 2.24) is 4.98 Å². The molecule has 0 radical (unpaired) electrons. The number of fused-ring (bicyclic) bond motifs is 3. The van der Waals surface area contributed by atoms with Crippen LogP contribution in [0.2, 0.25) is 0 Å². The van der Waals surface area contributed by atoms with Gasteiger partial charge in [-0.05, 0) is 18.6 Å². The van der Waals surface area contributed by atoms with Crippen molar-refractivity contribution < 1.29 is 9.53 Å². The summed E-state index contributed by atoms with van der Waals surface area (Å²) in [5, 5.41) is 2.86. The third-order valence-corrected chi connectivity index (χ3v) is 3.22. The van der Waals surface area contributed by atoms with E-state index in [-0.39, 0.29) is 11.9 Å². The van der Waals surface area contributed by atoms with Gasteiger partial charge in [-0.1, -0.05) is 0 Å². The van der Waals surface area contributed by atoms with Crippen LogP contribution in [0, 0.1) is 6.92 Å². The number of aryl methyl sites for hydroxylation is 1. The van der Waals surface area contributed by atoms with Crippen LogP contribution in [0.15, 0.2) is 12.3 Å². The number of anilines is 2. The van der Waals surface area contributed by atoms with Crippen molar-refractivity contribution in [1.29, 1.82) is 0 Å². The van der Waals surface area contributed by atoms with Crippen molar-refractivity contribution in [3.05, 3.63) is 17.8 Å².